The van der Waals surface area contributed by atoms with Crippen molar-refractivity contribution in [3.63, 3.8) is 0 Å². The molecular weight excluding hydrogens is 368 g/mol. The lowest BCUT2D eigenvalue weighted by Gasteiger charge is -2.24. The molecule has 3 atom stereocenters. The number of carbonyl (C=O) groups is 2. The molecule has 1 N–H and O–H groups in total. The van der Waals surface area contributed by atoms with E-state index in [9.17, 15) is 9.59 Å². The number of nitrogens with one attached hydrogen (secondary N) is 1. The van der Waals surface area contributed by atoms with Crippen molar-refractivity contribution < 1.29 is 9.59 Å². The Labute approximate surface area is 164 Å². The van der Waals surface area contributed by atoms with Gasteiger partial charge in [0.2, 0.25) is 5.91 Å². The number of fused-ring (bicyclic) bond motifs is 1. The maximum absolute atomic E-state index is 13.0. The van der Waals surface area contributed by atoms with Crippen molar-refractivity contribution in [1.29, 1.82) is 0 Å². The molecular formula is C20H23ClN2O2S. The molecule has 2 aliphatic heterocycles. The summed E-state index contributed by atoms with van der Waals surface area (Å²) in [5.74, 6) is -0.0176. The van der Waals surface area contributed by atoms with Gasteiger partial charge < -0.3 is 10.2 Å². The lowest BCUT2D eigenvalue weighted by molar-refractivity contribution is -0.135. The fourth-order valence-corrected chi connectivity index (χ4v) is 5.13. The number of halogens is 1. The predicted molar refractivity (Wildman–Crippen MR) is 106 cm³/mol. The summed E-state index contributed by atoms with van der Waals surface area (Å²) in [7, 11) is 0. The van der Waals surface area contributed by atoms with Crippen molar-refractivity contribution in [2.45, 2.75) is 38.1 Å². The maximum atomic E-state index is 13.0. The van der Waals surface area contributed by atoms with Crippen LogP contribution in [0.1, 0.15) is 30.4 Å². The molecule has 1 aromatic rings. The van der Waals surface area contributed by atoms with Crippen LogP contribution in [0, 0.1) is 11.8 Å². The number of rotatable bonds is 4. The molecule has 0 aromatic heterocycles. The average Bonchev–Trinajstić information content (AvgIpc) is 3.32. The van der Waals surface area contributed by atoms with Gasteiger partial charge in [0.1, 0.15) is 11.8 Å². The largest absolute Gasteiger partial charge is 0.341 e. The number of likely N-dealkylation sites (tertiary alicyclic amines) is 1. The monoisotopic (exact) mass is 390 g/mol. The summed E-state index contributed by atoms with van der Waals surface area (Å²) in [5.41, 5.74) is 2.52. The van der Waals surface area contributed by atoms with Crippen LogP contribution >= 0.6 is 23.8 Å². The first-order valence-corrected chi connectivity index (χ1v) is 10.2. The highest BCUT2D eigenvalue weighted by Crippen LogP contribution is 2.32. The number of carbonyl (C=O) groups excluding carboxylic acids is 2. The first kappa shape index (κ1) is 18.1. The Balaban J connectivity index is 1.43. The zero-order chi connectivity index (χ0) is 18.3. The molecule has 1 aromatic carbocycles. The van der Waals surface area contributed by atoms with Gasteiger partial charge in [-0.15, -0.1) is 0 Å². The maximum Gasteiger partial charge on any atom is 0.240 e. The molecule has 2 saturated heterocycles. The second-order valence-corrected chi connectivity index (χ2v) is 8.65. The van der Waals surface area contributed by atoms with Crippen LogP contribution in [-0.4, -0.2) is 47.1 Å². The quantitative estimate of drug-likeness (QED) is 0.803. The van der Waals surface area contributed by atoms with Crippen LogP contribution in [0.25, 0.3) is 0 Å². The number of benzene rings is 1. The Bertz CT molecular complexity index is 760. The minimum Gasteiger partial charge on any atom is -0.341 e. The molecule has 1 amide bonds. The Morgan fingerprint density at radius 2 is 1.92 bits per heavy atom. The van der Waals surface area contributed by atoms with E-state index >= 15 is 0 Å². The molecule has 4 rings (SSSR count). The summed E-state index contributed by atoms with van der Waals surface area (Å²) in [6, 6.07) is 5.50. The summed E-state index contributed by atoms with van der Waals surface area (Å²) >= 11 is 11.5. The molecule has 26 heavy (non-hydrogen) atoms. The van der Waals surface area contributed by atoms with E-state index in [1.54, 1.807) is 0 Å². The third kappa shape index (κ3) is 3.45. The second-order valence-electron chi connectivity index (χ2n) is 7.69. The van der Waals surface area contributed by atoms with Crippen molar-refractivity contribution in [2.75, 3.05) is 19.6 Å². The van der Waals surface area contributed by atoms with Gasteiger partial charge in [-0.3, -0.25) is 9.59 Å². The van der Waals surface area contributed by atoms with Crippen LogP contribution < -0.4 is 5.32 Å². The lowest BCUT2D eigenvalue weighted by Crippen LogP contribution is -2.47. The number of thiocarbonyl (C=S) groups is 1. The minimum atomic E-state index is -0.466. The highest BCUT2D eigenvalue weighted by Gasteiger charge is 2.43. The Hall–Kier alpha value is -1.30. The Morgan fingerprint density at radius 1 is 1.19 bits per heavy atom. The third-order valence-corrected chi connectivity index (χ3v) is 6.52. The molecule has 2 heterocycles. The lowest BCUT2D eigenvalue weighted by atomic mass is 9.87. The standard InChI is InChI=1S/C20H23ClN2O2S/c21-15-4-3-13-7-12(8-14(13)10-15)9-16(24)18-17(26)11-22-19(18)20(25)23-5-1-2-6-23/h3-4,10,12,18-19,22H,1-2,5-9,11H2/t12?,18?,19-/m0/s1. The summed E-state index contributed by atoms with van der Waals surface area (Å²) in [5, 5.41) is 3.94. The van der Waals surface area contributed by atoms with E-state index in [2.05, 4.69) is 11.4 Å². The zero-order valence-corrected chi connectivity index (χ0v) is 16.2. The van der Waals surface area contributed by atoms with Gasteiger partial charge in [-0.1, -0.05) is 29.9 Å². The van der Waals surface area contributed by atoms with E-state index in [0.29, 0.717) is 17.8 Å². The van der Waals surface area contributed by atoms with Crippen molar-refractivity contribution in [3.05, 3.63) is 34.3 Å². The van der Waals surface area contributed by atoms with Crippen LogP contribution in [0.2, 0.25) is 5.02 Å². The Morgan fingerprint density at radius 3 is 2.69 bits per heavy atom. The van der Waals surface area contributed by atoms with E-state index in [4.69, 9.17) is 23.8 Å². The first-order valence-electron chi connectivity index (χ1n) is 9.38. The number of Topliss-reactive ketones (excluding diaryl/α,β-unsaturated/α-hetero) is 1. The van der Waals surface area contributed by atoms with E-state index in [-0.39, 0.29) is 17.6 Å². The van der Waals surface area contributed by atoms with Gasteiger partial charge in [-0.05, 0) is 54.9 Å². The number of amides is 1. The van der Waals surface area contributed by atoms with Gasteiger partial charge in [-0.25, -0.2) is 0 Å². The van der Waals surface area contributed by atoms with Crippen LogP contribution in [0.15, 0.2) is 18.2 Å². The number of ketones is 1. The highest BCUT2D eigenvalue weighted by molar-refractivity contribution is 7.80. The van der Waals surface area contributed by atoms with Gasteiger partial charge in [0.25, 0.3) is 0 Å². The van der Waals surface area contributed by atoms with Crippen LogP contribution in [-0.2, 0) is 22.4 Å². The van der Waals surface area contributed by atoms with E-state index in [1.807, 2.05) is 17.0 Å². The molecule has 4 nitrogen and oxygen atoms in total. The molecule has 0 radical (unpaired) electrons. The van der Waals surface area contributed by atoms with Gasteiger partial charge in [0, 0.05) is 35.9 Å². The molecule has 2 fully saturated rings. The molecule has 1 aliphatic carbocycles. The van der Waals surface area contributed by atoms with Gasteiger partial charge >= 0.3 is 0 Å². The minimum absolute atomic E-state index is 0.0437. The van der Waals surface area contributed by atoms with Gasteiger partial charge in [-0.2, -0.15) is 0 Å². The van der Waals surface area contributed by atoms with E-state index < -0.39 is 12.0 Å². The molecule has 3 aliphatic rings. The van der Waals surface area contributed by atoms with Crippen molar-refractivity contribution in [3.8, 4) is 0 Å². The van der Waals surface area contributed by atoms with Crippen LogP contribution in [0.5, 0.6) is 0 Å². The molecule has 138 valence electrons. The summed E-state index contributed by atoms with van der Waals surface area (Å²) in [4.78, 5) is 28.4. The smallest absolute Gasteiger partial charge is 0.240 e. The molecule has 0 bridgehead atoms. The summed E-state index contributed by atoms with van der Waals surface area (Å²) in [6.07, 6.45) is 4.34. The normalized spacial score (nSPS) is 27.8. The molecule has 0 spiro atoms. The average molecular weight is 391 g/mol. The van der Waals surface area contributed by atoms with Gasteiger partial charge in [0.15, 0.2) is 0 Å². The number of nitrogens with zero attached hydrogens (tertiary/aromatic N) is 1. The molecule has 6 heteroatoms. The first-order chi connectivity index (χ1) is 12.5. The van der Waals surface area contributed by atoms with Crippen LogP contribution in [0.3, 0.4) is 0 Å². The summed E-state index contributed by atoms with van der Waals surface area (Å²) in [6.45, 7) is 2.07. The SMILES string of the molecule is O=C(CC1Cc2ccc(Cl)cc2C1)C1C(=S)CN[C@@H]1C(=O)N1CCCC1. The fraction of sp³-hybridized carbons (Fsp3) is 0.550. The topological polar surface area (TPSA) is 49.4 Å². The Kier molecular flexibility index (Phi) is 5.13. The van der Waals surface area contributed by atoms with Crippen molar-refractivity contribution in [1.82, 2.24) is 10.2 Å². The summed E-state index contributed by atoms with van der Waals surface area (Å²) < 4.78 is 0. The van der Waals surface area contributed by atoms with Gasteiger partial charge in [0.05, 0.1) is 5.92 Å². The molecule has 2 unspecified atom stereocenters. The highest BCUT2D eigenvalue weighted by atomic mass is 35.5. The third-order valence-electron chi connectivity index (χ3n) is 5.88. The van der Waals surface area contributed by atoms with E-state index in [1.165, 1.54) is 11.1 Å². The predicted octanol–water partition coefficient (Wildman–Crippen LogP) is 2.59. The van der Waals surface area contributed by atoms with Crippen molar-refractivity contribution >= 4 is 40.4 Å². The van der Waals surface area contributed by atoms with Crippen molar-refractivity contribution in [2.24, 2.45) is 11.8 Å². The fourth-order valence-electron chi connectivity index (χ4n) is 4.59. The zero-order valence-electron chi connectivity index (χ0n) is 14.7. The van der Waals surface area contributed by atoms with Crippen LogP contribution in [0.4, 0.5) is 0 Å². The number of hydrogen-bond acceptors (Lipinski definition) is 4. The van der Waals surface area contributed by atoms with E-state index in [0.717, 1.165) is 43.8 Å². The second kappa shape index (κ2) is 7.37. The number of hydrogen-bond donors (Lipinski definition) is 1. The molecule has 0 saturated carbocycles.